The smallest absolute Gasteiger partial charge is 0.376 e. The normalized spacial score (nSPS) is 37.2. The minimum absolute atomic E-state index is 0.0867. The van der Waals surface area contributed by atoms with Gasteiger partial charge < -0.3 is 10.4 Å². The van der Waals surface area contributed by atoms with Gasteiger partial charge in [0.05, 0.1) is 16.4 Å². The van der Waals surface area contributed by atoms with E-state index in [0.717, 1.165) is 60.7 Å². The average Bonchev–Trinajstić information content (AvgIpc) is 3.24. The maximum atomic E-state index is 13.7. The molecule has 4 atom stereocenters. The van der Waals surface area contributed by atoms with Crippen LogP contribution in [-0.4, -0.2) is 48.0 Å². The summed E-state index contributed by atoms with van der Waals surface area (Å²) in [6, 6.07) is 6.44. The molecule has 1 amide bonds. The molecule has 0 aromatic heterocycles. The summed E-state index contributed by atoms with van der Waals surface area (Å²) in [7, 11) is -4.20. The van der Waals surface area contributed by atoms with Gasteiger partial charge in [-0.25, -0.2) is 8.42 Å². The Hall–Kier alpha value is -2.16. The van der Waals surface area contributed by atoms with E-state index < -0.39 is 32.9 Å². The Bertz CT molecular complexity index is 1230. The van der Waals surface area contributed by atoms with Crippen molar-refractivity contribution in [3.63, 3.8) is 0 Å². The Morgan fingerprint density at radius 2 is 1.76 bits per heavy atom. The molecule has 1 aromatic carbocycles. The van der Waals surface area contributed by atoms with Crippen molar-refractivity contribution in [2.75, 3.05) is 6.54 Å². The number of hydrogen-bond acceptors (Lipinski definition) is 5. The third-order valence-electron chi connectivity index (χ3n) is 9.43. The Kier molecular flexibility index (Phi) is 6.02. The number of carbonyl (C=O) groups excluding carboxylic acids is 1. The molecule has 0 spiro atoms. The van der Waals surface area contributed by atoms with Crippen LogP contribution in [0.5, 0.6) is 0 Å². The zero-order chi connectivity index (χ0) is 27.0. The van der Waals surface area contributed by atoms with E-state index in [2.05, 4.69) is 11.4 Å². The number of aliphatic hydroxyl groups is 1. The number of carbonyl (C=O) groups is 1. The molecule has 7 nitrogen and oxygen atoms in total. The van der Waals surface area contributed by atoms with Crippen LogP contribution < -0.4 is 5.32 Å². The monoisotopic (exact) mass is 539 g/mol. The number of alkyl halides is 3. The second kappa shape index (κ2) is 8.42. The van der Waals surface area contributed by atoms with E-state index in [-0.39, 0.29) is 40.6 Å². The van der Waals surface area contributed by atoms with Gasteiger partial charge in [-0.1, -0.05) is 12.1 Å². The summed E-state index contributed by atoms with van der Waals surface area (Å²) in [5, 5.41) is 22.8. The van der Waals surface area contributed by atoms with Crippen molar-refractivity contribution in [3.05, 3.63) is 29.8 Å². The molecule has 1 aliphatic heterocycles. The van der Waals surface area contributed by atoms with Gasteiger partial charge in [-0.2, -0.15) is 22.7 Å². The Morgan fingerprint density at radius 3 is 2.30 bits per heavy atom. The van der Waals surface area contributed by atoms with Crippen molar-refractivity contribution < 1.29 is 31.5 Å². The summed E-state index contributed by atoms with van der Waals surface area (Å²) in [6.45, 7) is 2.33. The molecule has 11 heteroatoms. The molecule has 5 aliphatic rings. The lowest BCUT2D eigenvalue weighted by atomic mass is 9.48. The fourth-order valence-electron chi connectivity index (χ4n) is 7.50. The van der Waals surface area contributed by atoms with Gasteiger partial charge in [-0.3, -0.25) is 4.79 Å². The average molecular weight is 540 g/mol. The summed E-state index contributed by atoms with van der Waals surface area (Å²) >= 11 is 0. The Labute approximate surface area is 215 Å². The second-order valence-electron chi connectivity index (χ2n) is 11.9. The zero-order valence-corrected chi connectivity index (χ0v) is 21.7. The first-order valence-corrected chi connectivity index (χ1v) is 14.2. The second-order valence-corrected chi connectivity index (χ2v) is 13.8. The van der Waals surface area contributed by atoms with E-state index in [9.17, 15) is 36.8 Å². The number of sulfonamides is 1. The van der Waals surface area contributed by atoms with Gasteiger partial charge in [0.1, 0.15) is 5.54 Å². The third-order valence-corrected chi connectivity index (χ3v) is 11.5. The van der Waals surface area contributed by atoms with E-state index in [0.29, 0.717) is 25.7 Å². The molecule has 1 saturated heterocycles. The first kappa shape index (κ1) is 26.4. The summed E-state index contributed by atoms with van der Waals surface area (Å²) < 4.78 is 67.8. The van der Waals surface area contributed by atoms with Gasteiger partial charge >= 0.3 is 6.18 Å². The topological polar surface area (TPSA) is 110 Å². The summed E-state index contributed by atoms with van der Waals surface area (Å²) in [4.78, 5) is 13.4. The molecule has 4 aliphatic carbocycles. The third kappa shape index (κ3) is 4.07. The molecule has 4 bridgehead atoms. The van der Waals surface area contributed by atoms with Crippen molar-refractivity contribution >= 4 is 15.9 Å². The standard InChI is InChI=1S/C26H32F3N3O4S/c1-23(22(33)31-21-17-10-16-11-18(21)14-25(12-16,13-17)15-30)8-3-9-32(23)37(35,36)20-6-4-19(5-7-20)24(2,34)26(27,28)29/h4-7,16-18,21,34H,3,8-14H2,1-2H3,(H,31,33)/t16?,17?,18?,21?,23-,24?,25?/m1/s1. The van der Waals surface area contributed by atoms with Gasteiger partial charge in [0.15, 0.2) is 5.60 Å². The van der Waals surface area contributed by atoms with E-state index in [1.165, 1.54) is 0 Å². The SMILES string of the molecule is CC(O)(c1ccc(S(=O)(=O)N2CCC[C@]2(C)C(=O)NC2C3CC4CC2CC(C#N)(C4)C3)cc1)C(F)(F)F. The molecule has 6 rings (SSSR count). The fraction of sp³-hybridized carbons (Fsp3) is 0.692. The molecular formula is C26H32F3N3O4S. The Morgan fingerprint density at radius 1 is 1.16 bits per heavy atom. The highest BCUT2D eigenvalue weighted by Crippen LogP contribution is 2.59. The maximum absolute atomic E-state index is 13.7. The predicted octanol–water partition coefficient (Wildman–Crippen LogP) is 3.83. The maximum Gasteiger partial charge on any atom is 0.421 e. The number of halogens is 3. The quantitative estimate of drug-likeness (QED) is 0.591. The number of hydrogen-bond donors (Lipinski definition) is 2. The molecule has 1 aromatic rings. The van der Waals surface area contributed by atoms with Crippen molar-refractivity contribution in [1.29, 1.82) is 5.26 Å². The van der Waals surface area contributed by atoms with E-state index in [1.54, 1.807) is 6.92 Å². The Balaban J connectivity index is 1.36. The molecule has 3 unspecified atom stereocenters. The van der Waals surface area contributed by atoms with Crippen LogP contribution in [0.2, 0.25) is 0 Å². The van der Waals surface area contributed by atoms with Crippen molar-refractivity contribution in [2.24, 2.45) is 23.2 Å². The minimum atomic E-state index is -4.93. The largest absolute Gasteiger partial charge is 0.421 e. The van der Waals surface area contributed by atoms with Gasteiger partial charge in [-0.05, 0) is 94.2 Å². The minimum Gasteiger partial charge on any atom is -0.376 e. The van der Waals surface area contributed by atoms with Crippen LogP contribution in [0, 0.1) is 34.5 Å². The van der Waals surface area contributed by atoms with Gasteiger partial charge in [0.2, 0.25) is 15.9 Å². The molecule has 0 radical (unpaired) electrons. The lowest BCUT2D eigenvalue weighted by Gasteiger charge is -2.58. The predicted molar refractivity (Wildman–Crippen MR) is 127 cm³/mol. The number of nitrogens with one attached hydrogen (secondary N) is 1. The van der Waals surface area contributed by atoms with Crippen LogP contribution in [0.15, 0.2) is 29.2 Å². The van der Waals surface area contributed by atoms with Gasteiger partial charge in [0, 0.05) is 12.6 Å². The van der Waals surface area contributed by atoms with E-state index in [1.807, 2.05) is 0 Å². The lowest BCUT2D eigenvalue weighted by Crippen LogP contribution is -2.63. The van der Waals surface area contributed by atoms with E-state index in [4.69, 9.17) is 0 Å². The zero-order valence-electron chi connectivity index (χ0n) is 20.9. The van der Waals surface area contributed by atoms with Crippen molar-refractivity contribution in [1.82, 2.24) is 9.62 Å². The van der Waals surface area contributed by atoms with Crippen LogP contribution in [0.3, 0.4) is 0 Å². The molecule has 202 valence electrons. The number of nitrogens with zero attached hydrogens (tertiary/aromatic N) is 2. The van der Waals surface area contributed by atoms with Gasteiger partial charge in [-0.15, -0.1) is 0 Å². The highest BCUT2D eigenvalue weighted by atomic mass is 32.2. The number of rotatable bonds is 5. The fourth-order valence-corrected chi connectivity index (χ4v) is 9.31. The van der Waals surface area contributed by atoms with Crippen LogP contribution in [0.4, 0.5) is 13.2 Å². The summed E-state index contributed by atoms with van der Waals surface area (Å²) in [5.74, 6) is 0.553. The van der Waals surface area contributed by atoms with Crippen LogP contribution in [0.25, 0.3) is 0 Å². The lowest BCUT2D eigenvalue weighted by molar-refractivity contribution is -0.258. The summed E-state index contributed by atoms with van der Waals surface area (Å²) in [6.07, 6.45) is 0.257. The van der Waals surface area contributed by atoms with Crippen molar-refractivity contribution in [3.8, 4) is 6.07 Å². The van der Waals surface area contributed by atoms with Crippen LogP contribution in [-0.2, 0) is 20.4 Å². The highest BCUT2D eigenvalue weighted by Gasteiger charge is 2.58. The molecule has 37 heavy (non-hydrogen) atoms. The number of benzene rings is 1. The molecular weight excluding hydrogens is 507 g/mol. The first-order valence-electron chi connectivity index (χ1n) is 12.8. The molecule has 5 fully saturated rings. The van der Waals surface area contributed by atoms with E-state index >= 15 is 0 Å². The van der Waals surface area contributed by atoms with Crippen molar-refractivity contribution in [2.45, 2.75) is 87.0 Å². The number of nitriles is 1. The van der Waals surface area contributed by atoms with Gasteiger partial charge in [0.25, 0.3) is 0 Å². The molecule has 2 N–H and O–H groups in total. The van der Waals surface area contributed by atoms with Crippen LogP contribution in [0.1, 0.15) is 64.4 Å². The highest BCUT2D eigenvalue weighted by molar-refractivity contribution is 7.89. The molecule has 1 heterocycles. The summed E-state index contributed by atoms with van der Waals surface area (Å²) in [5.41, 5.74) is -5.23. The first-order chi connectivity index (χ1) is 17.1. The number of amides is 1. The van der Waals surface area contributed by atoms with Crippen LogP contribution >= 0.6 is 0 Å². The molecule has 4 saturated carbocycles.